The zero-order valence-electron chi connectivity index (χ0n) is 11.1. The lowest BCUT2D eigenvalue weighted by atomic mass is 10.2. The first-order valence-electron chi connectivity index (χ1n) is 5.82. The quantitative estimate of drug-likeness (QED) is 0.666. The fourth-order valence-electron chi connectivity index (χ4n) is 1.82. The fourth-order valence-corrected chi connectivity index (χ4v) is 2.36. The number of hydrogen-bond acceptors (Lipinski definition) is 4. The van der Waals surface area contributed by atoms with E-state index in [0.29, 0.717) is 16.0 Å². The summed E-state index contributed by atoms with van der Waals surface area (Å²) >= 11 is 3.21. The van der Waals surface area contributed by atoms with Gasteiger partial charge in [-0.3, -0.25) is 14.9 Å². The lowest BCUT2D eigenvalue weighted by Gasteiger charge is -2.06. The van der Waals surface area contributed by atoms with Gasteiger partial charge in [0.05, 0.1) is 20.6 Å². The third-order valence-corrected chi connectivity index (χ3v) is 3.78. The molecule has 0 spiro atoms. The maximum atomic E-state index is 13.6. The molecule has 0 bridgehead atoms. The zero-order valence-corrected chi connectivity index (χ0v) is 12.7. The molecule has 0 aliphatic carbocycles. The van der Waals surface area contributed by atoms with Crippen LogP contribution in [0.1, 0.15) is 21.9 Å². The van der Waals surface area contributed by atoms with Crippen LogP contribution < -0.4 is 5.32 Å². The van der Waals surface area contributed by atoms with Gasteiger partial charge in [-0.2, -0.15) is 0 Å². The van der Waals surface area contributed by atoms with Crippen LogP contribution in [-0.4, -0.2) is 10.8 Å². The van der Waals surface area contributed by atoms with Crippen LogP contribution in [0.15, 0.2) is 27.1 Å². The summed E-state index contributed by atoms with van der Waals surface area (Å²) in [6, 6.07) is 2.91. The van der Waals surface area contributed by atoms with E-state index in [2.05, 4.69) is 21.2 Å². The summed E-state index contributed by atoms with van der Waals surface area (Å²) < 4.78 is 19.4. The smallest absolute Gasteiger partial charge is 0.271 e. The van der Waals surface area contributed by atoms with Crippen LogP contribution in [0.2, 0.25) is 0 Å². The van der Waals surface area contributed by atoms with Crippen LogP contribution in [0, 0.1) is 29.8 Å². The van der Waals surface area contributed by atoms with Crippen molar-refractivity contribution in [1.29, 1.82) is 0 Å². The Hall–Kier alpha value is -2.22. The van der Waals surface area contributed by atoms with Gasteiger partial charge in [0, 0.05) is 12.1 Å². The lowest BCUT2D eigenvalue weighted by Crippen LogP contribution is -2.14. The van der Waals surface area contributed by atoms with Crippen LogP contribution in [-0.2, 0) is 0 Å². The van der Waals surface area contributed by atoms with Gasteiger partial charge in [-0.25, -0.2) is 4.39 Å². The van der Waals surface area contributed by atoms with Crippen molar-refractivity contribution in [3.8, 4) is 0 Å². The number of carbonyl (C=O) groups excluding carboxylic acids is 1. The predicted molar refractivity (Wildman–Crippen MR) is 76.9 cm³/mol. The predicted octanol–water partition coefficient (Wildman–Crippen LogP) is 3.96. The molecule has 0 radical (unpaired) electrons. The summed E-state index contributed by atoms with van der Waals surface area (Å²) in [5.74, 6) is -0.501. The molecule has 1 aromatic carbocycles. The molecular weight excluding hydrogens is 347 g/mol. The molecule has 110 valence electrons. The molecule has 6 nitrogen and oxygen atoms in total. The number of nitrogens with zero attached hydrogens (tertiary/aromatic N) is 1. The second-order valence-corrected chi connectivity index (χ2v) is 5.07. The van der Waals surface area contributed by atoms with E-state index in [9.17, 15) is 19.3 Å². The van der Waals surface area contributed by atoms with E-state index >= 15 is 0 Å². The average molecular weight is 357 g/mol. The summed E-state index contributed by atoms with van der Waals surface area (Å²) in [4.78, 5) is 22.2. The largest absolute Gasteiger partial charge is 0.465 e. The number of aryl methyl sites for hydroxylation is 2. The lowest BCUT2D eigenvalue weighted by molar-refractivity contribution is -0.384. The van der Waals surface area contributed by atoms with Crippen molar-refractivity contribution in [2.75, 3.05) is 5.32 Å². The number of hydrogen-bond donors (Lipinski definition) is 1. The topological polar surface area (TPSA) is 85.4 Å². The number of benzene rings is 1. The molecule has 0 atom stereocenters. The van der Waals surface area contributed by atoms with E-state index in [0.717, 1.165) is 18.2 Å². The van der Waals surface area contributed by atoms with Crippen LogP contribution in [0.5, 0.6) is 0 Å². The molecule has 0 aliphatic rings. The molecule has 1 aromatic heterocycles. The first-order valence-corrected chi connectivity index (χ1v) is 6.61. The minimum absolute atomic E-state index is 0.221. The summed E-state index contributed by atoms with van der Waals surface area (Å²) in [6.07, 6.45) is 0. The second-order valence-electron chi connectivity index (χ2n) is 4.28. The van der Waals surface area contributed by atoms with E-state index in [1.54, 1.807) is 13.8 Å². The first kappa shape index (κ1) is 15.2. The molecule has 2 rings (SSSR count). The SMILES string of the molecule is Cc1oc(C)c(C(=O)Nc2cc([N+](=O)[O-])ccc2F)c1Br. The number of furan rings is 1. The first-order chi connectivity index (χ1) is 9.81. The Morgan fingerprint density at radius 3 is 2.57 bits per heavy atom. The Morgan fingerprint density at radius 1 is 1.38 bits per heavy atom. The van der Waals surface area contributed by atoms with Gasteiger partial charge < -0.3 is 9.73 Å². The molecule has 8 heteroatoms. The van der Waals surface area contributed by atoms with Crippen molar-refractivity contribution in [2.24, 2.45) is 0 Å². The highest BCUT2D eigenvalue weighted by molar-refractivity contribution is 9.10. The van der Waals surface area contributed by atoms with Gasteiger partial charge in [0.1, 0.15) is 17.3 Å². The van der Waals surface area contributed by atoms with E-state index < -0.39 is 16.6 Å². The van der Waals surface area contributed by atoms with Gasteiger partial charge in [-0.05, 0) is 35.8 Å². The minimum Gasteiger partial charge on any atom is -0.465 e. The number of rotatable bonds is 3. The molecule has 0 aliphatic heterocycles. The Kier molecular flexibility index (Phi) is 4.08. The summed E-state index contributed by atoms with van der Waals surface area (Å²) in [5.41, 5.74) is -0.358. The van der Waals surface area contributed by atoms with Crippen molar-refractivity contribution in [3.63, 3.8) is 0 Å². The van der Waals surface area contributed by atoms with Crippen molar-refractivity contribution in [3.05, 3.63) is 55.7 Å². The van der Waals surface area contributed by atoms with Crippen LogP contribution >= 0.6 is 15.9 Å². The number of anilines is 1. The molecule has 0 saturated carbocycles. The average Bonchev–Trinajstić information content (AvgIpc) is 2.65. The summed E-state index contributed by atoms with van der Waals surface area (Å²) in [6.45, 7) is 3.26. The highest BCUT2D eigenvalue weighted by Crippen LogP contribution is 2.29. The molecule has 2 aromatic rings. The molecule has 1 heterocycles. The van der Waals surface area contributed by atoms with Gasteiger partial charge in [0.25, 0.3) is 11.6 Å². The van der Waals surface area contributed by atoms with Crippen LogP contribution in [0.3, 0.4) is 0 Å². The van der Waals surface area contributed by atoms with Crippen molar-refractivity contribution >= 4 is 33.2 Å². The minimum atomic E-state index is -0.761. The molecule has 0 fully saturated rings. The third-order valence-electron chi connectivity index (χ3n) is 2.82. The third kappa shape index (κ3) is 2.94. The van der Waals surface area contributed by atoms with Crippen molar-refractivity contribution < 1.29 is 18.5 Å². The van der Waals surface area contributed by atoms with E-state index in [1.807, 2.05) is 0 Å². The maximum Gasteiger partial charge on any atom is 0.271 e. The highest BCUT2D eigenvalue weighted by atomic mass is 79.9. The van der Waals surface area contributed by atoms with Gasteiger partial charge in [-0.15, -0.1) is 0 Å². The zero-order chi connectivity index (χ0) is 15.7. The molecule has 0 unspecified atom stereocenters. The number of amides is 1. The molecule has 1 amide bonds. The number of nitro groups is 1. The van der Waals surface area contributed by atoms with Gasteiger partial charge in [0.2, 0.25) is 0 Å². The van der Waals surface area contributed by atoms with Crippen LogP contribution in [0.25, 0.3) is 0 Å². The monoisotopic (exact) mass is 356 g/mol. The van der Waals surface area contributed by atoms with Gasteiger partial charge >= 0.3 is 0 Å². The Balaban J connectivity index is 2.35. The maximum absolute atomic E-state index is 13.6. The summed E-state index contributed by atoms with van der Waals surface area (Å²) in [7, 11) is 0. The molecule has 21 heavy (non-hydrogen) atoms. The normalized spacial score (nSPS) is 10.5. The Bertz CT molecular complexity index is 742. The standard InChI is InChI=1S/C13H10BrFN2O4/c1-6-11(12(14)7(2)21-6)13(18)16-10-5-8(17(19)20)3-4-9(10)15/h3-5H,1-2H3,(H,16,18). The van der Waals surface area contributed by atoms with E-state index in [1.165, 1.54) is 0 Å². The van der Waals surface area contributed by atoms with Gasteiger partial charge in [0.15, 0.2) is 0 Å². The molecule has 0 saturated heterocycles. The van der Waals surface area contributed by atoms with Crippen molar-refractivity contribution in [2.45, 2.75) is 13.8 Å². The van der Waals surface area contributed by atoms with E-state index in [4.69, 9.17) is 4.42 Å². The number of halogens is 2. The Labute approximate surface area is 127 Å². The van der Waals surface area contributed by atoms with Crippen molar-refractivity contribution in [1.82, 2.24) is 0 Å². The number of nitrogens with one attached hydrogen (secondary N) is 1. The number of nitro benzene ring substituents is 1. The Morgan fingerprint density at radius 2 is 2.05 bits per heavy atom. The van der Waals surface area contributed by atoms with Gasteiger partial charge in [-0.1, -0.05) is 0 Å². The summed E-state index contributed by atoms with van der Waals surface area (Å²) in [5, 5.41) is 13.0. The molecule has 1 N–H and O–H groups in total. The molecular formula is C13H10BrFN2O4. The number of non-ortho nitro benzene ring substituents is 1. The second kappa shape index (κ2) is 5.65. The van der Waals surface area contributed by atoms with E-state index in [-0.39, 0.29) is 16.9 Å². The van der Waals surface area contributed by atoms with Crippen LogP contribution in [0.4, 0.5) is 15.8 Å². The fraction of sp³-hybridized carbons (Fsp3) is 0.154. The highest BCUT2D eigenvalue weighted by Gasteiger charge is 2.21. The number of carbonyl (C=O) groups is 1.